The van der Waals surface area contributed by atoms with Gasteiger partial charge in [0.05, 0.1) is 13.2 Å². The molecule has 0 aliphatic carbocycles. The zero-order chi connectivity index (χ0) is 17.6. The lowest BCUT2D eigenvalue weighted by Crippen LogP contribution is -2.36. The molecule has 132 valence electrons. The summed E-state index contributed by atoms with van der Waals surface area (Å²) in [4.78, 5) is 14.2. The van der Waals surface area contributed by atoms with E-state index >= 15 is 0 Å². The molecule has 1 aliphatic rings. The number of benzene rings is 2. The number of ether oxygens (including phenoxy) is 1. The van der Waals surface area contributed by atoms with Gasteiger partial charge in [0.15, 0.2) is 0 Å². The summed E-state index contributed by atoms with van der Waals surface area (Å²) in [7, 11) is 0. The van der Waals surface area contributed by atoms with Crippen molar-refractivity contribution in [2.45, 2.75) is 12.8 Å². The predicted molar refractivity (Wildman–Crippen MR) is 92.8 cm³/mol. The second-order valence-corrected chi connectivity index (χ2v) is 5.91. The molecule has 1 fully saturated rings. The quantitative estimate of drug-likeness (QED) is 0.902. The lowest BCUT2D eigenvalue weighted by Gasteiger charge is -2.28. The van der Waals surface area contributed by atoms with Gasteiger partial charge in [0.1, 0.15) is 17.3 Å². The molecule has 0 spiro atoms. The van der Waals surface area contributed by atoms with Gasteiger partial charge in [0.25, 0.3) is 0 Å². The number of halogens is 2. The van der Waals surface area contributed by atoms with E-state index in [-0.39, 0.29) is 6.42 Å². The third kappa shape index (κ3) is 4.54. The van der Waals surface area contributed by atoms with Crippen LogP contribution in [0.15, 0.2) is 42.5 Å². The number of para-hydroxylation sites is 1. The van der Waals surface area contributed by atoms with E-state index < -0.39 is 23.2 Å². The fourth-order valence-electron chi connectivity index (χ4n) is 2.77. The van der Waals surface area contributed by atoms with E-state index in [9.17, 15) is 13.6 Å². The van der Waals surface area contributed by atoms with Gasteiger partial charge in [-0.2, -0.15) is 0 Å². The number of anilines is 2. The number of hydrogen-bond acceptors (Lipinski definition) is 3. The maximum atomic E-state index is 13.5. The predicted octanol–water partition coefficient (Wildman–Crippen LogP) is 3.37. The molecule has 0 saturated carbocycles. The van der Waals surface area contributed by atoms with Crippen LogP contribution in [-0.4, -0.2) is 32.2 Å². The molecule has 6 heteroatoms. The third-order valence-corrected chi connectivity index (χ3v) is 4.18. The number of amides is 1. The molecule has 2 aromatic rings. The Morgan fingerprint density at radius 2 is 1.68 bits per heavy atom. The van der Waals surface area contributed by atoms with Crippen LogP contribution in [0.3, 0.4) is 0 Å². The number of nitrogens with zero attached hydrogens (tertiary/aromatic N) is 1. The molecule has 1 saturated heterocycles. The second-order valence-electron chi connectivity index (χ2n) is 5.91. The molecule has 0 radical (unpaired) electrons. The first-order chi connectivity index (χ1) is 12.1. The lowest BCUT2D eigenvalue weighted by molar-refractivity contribution is -0.116. The highest BCUT2D eigenvalue weighted by atomic mass is 19.1. The Kier molecular flexibility index (Phi) is 5.60. The number of rotatable bonds is 5. The van der Waals surface area contributed by atoms with E-state index in [1.807, 2.05) is 24.3 Å². The Bertz CT molecular complexity index is 708. The van der Waals surface area contributed by atoms with Gasteiger partial charge < -0.3 is 15.0 Å². The molecule has 1 amide bonds. The molecule has 1 N–H and O–H groups in total. The maximum Gasteiger partial charge on any atom is 0.224 e. The van der Waals surface area contributed by atoms with Crippen LogP contribution in [0.2, 0.25) is 0 Å². The largest absolute Gasteiger partial charge is 0.378 e. The Labute approximate surface area is 145 Å². The molecular weight excluding hydrogens is 326 g/mol. The van der Waals surface area contributed by atoms with Crippen molar-refractivity contribution in [3.63, 3.8) is 0 Å². The van der Waals surface area contributed by atoms with Crippen LogP contribution in [0.1, 0.15) is 12.0 Å². The standard InChI is InChI=1S/C19H20F2N2O2/c20-16-2-1-3-17(21)19(16)22-18(24)9-6-14-4-7-15(8-5-14)23-10-12-25-13-11-23/h1-5,7-8H,6,9-13H2,(H,22,24). The number of carbonyl (C=O) groups is 1. The lowest BCUT2D eigenvalue weighted by atomic mass is 10.1. The van der Waals surface area contributed by atoms with Crippen LogP contribution in [-0.2, 0) is 16.0 Å². The van der Waals surface area contributed by atoms with Gasteiger partial charge in [-0.15, -0.1) is 0 Å². The van der Waals surface area contributed by atoms with Gasteiger partial charge in [-0.1, -0.05) is 18.2 Å². The molecular formula is C19H20F2N2O2. The molecule has 0 bridgehead atoms. The van der Waals surface area contributed by atoms with Crippen LogP contribution in [0.25, 0.3) is 0 Å². The van der Waals surface area contributed by atoms with Crippen LogP contribution in [0, 0.1) is 11.6 Å². The number of carbonyl (C=O) groups excluding carboxylic acids is 1. The van der Waals surface area contributed by atoms with Crippen molar-refractivity contribution < 1.29 is 18.3 Å². The first-order valence-electron chi connectivity index (χ1n) is 8.29. The molecule has 0 atom stereocenters. The molecule has 0 unspecified atom stereocenters. The molecule has 4 nitrogen and oxygen atoms in total. The van der Waals surface area contributed by atoms with Crippen molar-refractivity contribution in [2.75, 3.05) is 36.5 Å². The summed E-state index contributed by atoms with van der Waals surface area (Å²) >= 11 is 0. The Morgan fingerprint density at radius 1 is 1.04 bits per heavy atom. The fraction of sp³-hybridized carbons (Fsp3) is 0.316. The van der Waals surface area contributed by atoms with Crippen molar-refractivity contribution in [1.29, 1.82) is 0 Å². The van der Waals surface area contributed by atoms with E-state index in [2.05, 4.69) is 10.2 Å². The van der Waals surface area contributed by atoms with E-state index in [0.717, 1.165) is 49.7 Å². The minimum atomic E-state index is -0.775. The Hall–Kier alpha value is -2.47. The topological polar surface area (TPSA) is 41.6 Å². The highest BCUT2D eigenvalue weighted by molar-refractivity contribution is 5.91. The molecule has 2 aromatic carbocycles. The smallest absolute Gasteiger partial charge is 0.224 e. The zero-order valence-electron chi connectivity index (χ0n) is 13.8. The number of nitrogens with one attached hydrogen (secondary N) is 1. The highest BCUT2D eigenvalue weighted by Crippen LogP contribution is 2.19. The van der Waals surface area contributed by atoms with Crippen LogP contribution in [0.5, 0.6) is 0 Å². The van der Waals surface area contributed by atoms with Gasteiger partial charge >= 0.3 is 0 Å². The average Bonchev–Trinajstić information content (AvgIpc) is 2.64. The van der Waals surface area contributed by atoms with Gasteiger partial charge in [0, 0.05) is 25.2 Å². The minimum absolute atomic E-state index is 0.157. The van der Waals surface area contributed by atoms with Crippen molar-refractivity contribution in [1.82, 2.24) is 0 Å². The first-order valence-corrected chi connectivity index (χ1v) is 8.29. The van der Waals surface area contributed by atoms with Crippen LogP contribution >= 0.6 is 0 Å². The first kappa shape index (κ1) is 17.4. The monoisotopic (exact) mass is 346 g/mol. The summed E-state index contributed by atoms with van der Waals surface area (Å²) in [5.41, 5.74) is 1.74. The molecule has 0 aromatic heterocycles. The maximum absolute atomic E-state index is 13.5. The highest BCUT2D eigenvalue weighted by Gasteiger charge is 2.13. The van der Waals surface area contributed by atoms with Gasteiger partial charge in [0.2, 0.25) is 5.91 Å². The zero-order valence-corrected chi connectivity index (χ0v) is 13.8. The molecule has 1 heterocycles. The third-order valence-electron chi connectivity index (χ3n) is 4.18. The van der Waals surface area contributed by atoms with E-state index in [0.29, 0.717) is 6.42 Å². The van der Waals surface area contributed by atoms with Gasteiger partial charge in [-0.3, -0.25) is 4.79 Å². The Balaban J connectivity index is 1.53. The van der Waals surface area contributed by atoms with Crippen molar-refractivity contribution >= 4 is 17.3 Å². The molecule has 25 heavy (non-hydrogen) atoms. The summed E-state index contributed by atoms with van der Waals surface area (Å²) in [6.07, 6.45) is 0.663. The SMILES string of the molecule is O=C(CCc1ccc(N2CCOCC2)cc1)Nc1c(F)cccc1F. The summed E-state index contributed by atoms with van der Waals surface area (Å²) < 4.78 is 32.4. The summed E-state index contributed by atoms with van der Waals surface area (Å²) in [5.74, 6) is -1.97. The Morgan fingerprint density at radius 3 is 2.32 bits per heavy atom. The summed E-state index contributed by atoms with van der Waals surface area (Å²) in [6.45, 7) is 3.20. The van der Waals surface area contributed by atoms with Gasteiger partial charge in [-0.25, -0.2) is 8.78 Å². The van der Waals surface area contributed by atoms with Crippen molar-refractivity contribution in [2.24, 2.45) is 0 Å². The second kappa shape index (κ2) is 8.07. The number of hydrogen-bond donors (Lipinski definition) is 1. The number of morpholine rings is 1. The average molecular weight is 346 g/mol. The number of aryl methyl sites for hydroxylation is 1. The molecule has 1 aliphatic heterocycles. The fourth-order valence-corrected chi connectivity index (χ4v) is 2.77. The minimum Gasteiger partial charge on any atom is -0.378 e. The van der Waals surface area contributed by atoms with E-state index in [1.165, 1.54) is 6.07 Å². The van der Waals surface area contributed by atoms with Crippen LogP contribution < -0.4 is 10.2 Å². The summed E-state index contributed by atoms with van der Waals surface area (Å²) in [5, 5.41) is 2.30. The summed E-state index contributed by atoms with van der Waals surface area (Å²) in [6, 6.07) is 11.5. The van der Waals surface area contributed by atoms with Crippen LogP contribution in [0.4, 0.5) is 20.2 Å². The van der Waals surface area contributed by atoms with Crippen molar-refractivity contribution in [3.05, 3.63) is 59.7 Å². The van der Waals surface area contributed by atoms with E-state index in [4.69, 9.17) is 4.74 Å². The normalized spacial score (nSPS) is 14.4. The van der Waals surface area contributed by atoms with Crippen molar-refractivity contribution in [3.8, 4) is 0 Å². The van der Waals surface area contributed by atoms with E-state index in [1.54, 1.807) is 0 Å². The molecule has 3 rings (SSSR count). The van der Waals surface area contributed by atoms with Gasteiger partial charge in [-0.05, 0) is 36.2 Å².